The van der Waals surface area contributed by atoms with Crippen LogP contribution in [0.2, 0.25) is 0 Å². The number of esters is 1. The first-order chi connectivity index (χ1) is 10.1. The molecule has 0 spiro atoms. The van der Waals surface area contributed by atoms with E-state index in [2.05, 4.69) is 6.58 Å². The topological polar surface area (TPSA) is 55.8 Å². The lowest BCUT2D eigenvalue weighted by Gasteiger charge is -2.29. The largest absolute Gasteiger partial charge is 0.466 e. The number of allylic oxidation sites excluding steroid dienone is 1. The van der Waals surface area contributed by atoms with Crippen LogP contribution in [0.3, 0.4) is 0 Å². The second kappa shape index (κ2) is 7.16. The molecular weight excluding hydrogens is 282 g/mol. The number of likely N-dealkylation sites (tertiary alicyclic amines) is 1. The molecule has 1 atom stereocenters. The molecular formula is C17H29NO4. The van der Waals surface area contributed by atoms with E-state index in [1.54, 1.807) is 11.8 Å². The normalized spacial score (nSPS) is 21.6. The summed E-state index contributed by atoms with van der Waals surface area (Å²) in [5, 5.41) is 0. The Kier molecular flexibility index (Phi) is 6.03. The minimum Gasteiger partial charge on any atom is -0.466 e. The molecule has 0 aromatic carbocycles. The SMILES string of the molecule is C=C(CC)CC1(C(=O)OCC)CCN(C(=O)OC(C)(C)C)C1. The van der Waals surface area contributed by atoms with Gasteiger partial charge in [-0.3, -0.25) is 4.79 Å². The Bertz CT molecular complexity index is 438. The van der Waals surface area contributed by atoms with Gasteiger partial charge in [-0.2, -0.15) is 0 Å². The molecule has 1 aliphatic heterocycles. The van der Waals surface area contributed by atoms with Gasteiger partial charge >= 0.3 is 12.1 Å². The Morgan fingerprint density at radius 3 is 2.41 bits per heavy atom. The van der Waals surface area contributed by atoms with Crippen molar-refractivity contribution < 1.29 is 19.1 Å². The molecule has 126 valence electrons. The number of nitrogens with zero attached hydrogens (tertiary/aromatic N) is 1. The first-order valence-electron chi connectivity index (χ1n) is 7.95. The Morgan fingerprint density at radius 1 is 1.27 bits per heavy atom. The highest BCUT2D eigenvalue weighted by Crippen LogP contribution is 2.39. The summed E-state index contributed by atoms with van der Waals surface area (Å²) in [6.45, 7) is 14.5. The summed E-state index contributed by atoms with van der Waals surface area (Å²) in [6.07, 6.45) is 1.58. The number of rotatable bonds is 5. The lowest BCUT2D eigenvalue weighted by molar-refractivity contribution is -0.154. The molecule has 1 amide bonds. The highest BCUT2D eigenvalue weighted by atomic mass is 16.6. The van der Waals surface area contributed by atoms with Crippen molar-refractivity contribution in [2.75, 3.05) is 19.7 Å². The smallest absolute Gasteiger partial charge is 0.410 e. The summed E-state index contributed by atoms with van der Waals surface area (Å²) in [6, 6.07) is 0. The van der Waals surface area contributed by atoms with Gasteiger partial charge in [0.2, 0.25) is 0 Å². The third kappa shape index (κ3) is 4.75. The number of amides is 1. The lowest BCUT2D eigenvalue weighted by Crippen LogP contribution is -2.40. The van der Waals surface area contributed by atoms with Crippen LogP contribution in [0, 0.1) is 5.41 Å². The van der Waals surface area contributed by atoms with Crippen molar-refractivity contribution in [2.24, 2.45) is 5.41 Å². The van der Waals surface area contributed by atoms with Crippen LogP contribution in [0.4, 0.5) is 4.79 Å². The third-order valence-corrected chi connectivity index (χ3v) is 3.80. The molecule has 0 aromatic rings. The summed E-state index contributed by atoms with van der Waals surface area (Å²) < 4.78 is 10.6. The zero-order chi connectivity index (χ0) is 17.0. The molecule has 0 aromatic heterocycles. The molecule has 0 saturated carbocycles. The first kappa shape index (κ1) is 18.5. The molecule has 5 heteroatoms. The van der Waals surface area contributed by atoms with E-state index in [0.717, 1.165) is 12.0 Å². The molecule has 1 saturated heterocycles. The number of hydrogen-bond acceptors (Lipinski definition) is 4. The van der Waals surface area contributed by atoms with E-state index in [1.807, 2.05) is 27.7 Å². The van der Waals surface area contributed by atoms with Crippen molar-refractivity contribution in [3.63, 3.8) is 0 Å². The van der Waals surface area contributed by atoms with Crippen molar-refractivity contribution in [3.05, 3.63) is 12.2 Å². The average Bonchev–Trinajstić information content (AvgIpc) is 2.82. The molecule has 1 unspecified atom stereocenters. The second-order valence-corrected chi connectivity index (χ2v) is 6.93. The predicted molar refractivity (Wildman–Crippen MR) is 85.5 cm³/mol. The third-order valence-electron chi connectivity index (χ3n) is 3.80. The predicted octanol–water partition coefficient (Wildman–Crippen LogP) is 3.53. The molecule has 0 radical (unpaired) electrons. The van der Waals surface area contributed by atoms with E-state index in [0.29, 0.717) is 32.5 Å². The maximum absolute atomic E-state index is 12.4. The first-order valence-corrected chi connectivity index (χ1v) is 7.95. The lowest BCUT2D eigenvalue weighted by atomic mass is 9.80. The van der Waals surface area contributed by atoms with Gasteiger partial charge in [-0.1, -0.05) is 19.1 Å². The van der Waals surface area contributed by atoms with Crippen molar-refractivity contribution in [1.82, 2.24) is 4.90 Å². The van der Waals surface area contributed by atoms with Crippen LogP contribution in [-0.2, 0) is 14.3 Å². The van der Waals surface area contributed by atoms with Gasteiger partial charge in [0, 0.05) is 13.1 Å². The summed E-state index contributed by atoms with van der Waals surface area (Å²) in [4.78, 5) is 26.2. The van der Waals surface area contributed by atoms with Gasteiger partial charge in [-0.05, 0) is 47.0 Å². The van der Waals surface area contributed by atoms with Gasteiger partial charge in [0.05, 0.1) is 12.0 Å². The Balaban J connectivity index is 2.86. The molecule has 1 rings (SSSR count). The molecule has 0 aliphatic carbocycles. The highest BCUT2D eigenvalue weighted by molar-refractivity contribution is 5.80. The molecule has 1 aliphatic rings. The quantitative estimate of drug-likeness (QED) is 0.575. The summed E-state index contributed by atoms with van der Waals surface area (Å²) in [5.41, 5.74) is -0.224. The fourth-order valence-corrected chi connectivity index (χ4v) is 2.63. The van der Waals surface area contributed by atoms with Crippen LogP contribution < -0.4 is 0 Å². The molecule has 0 bridgehead atoms. The Labute approximate surface area is 133 Å². The van der Waals surface area contributed by atoms with Gasteiger partial charge < -0.3 is 14.4 Å². The number of carbonyl (C=O) groups excluding carboxylic acids is 2. The number of ether oxygens (including phenoxy) is 2. The molecule has 0 N–H and O–H groups in total. The highest BCUT2D eigenvalue weighted by Gasteiger charge is 2.48. The van der Waals surface area contributed by atoms with E-state index in [9.17, 15) is 9.59 Å². The molecule has 1 fully saturated rings. The van der Waals surface area contributed by atoms with Crippen molar-refractivity contribution in [1.29, 1.82) is 0 Å². The monoisotopic (exact) mass is 311 g/mol. The van der Waals surface area contributed by atoms with E-state index in [1.165, 1.54) is 0 Å². The summed E-state index contributed by atoms with van der Waals surface area (Å²) in [5.74, 6) is -0.240. The fourth-order valence-electron chi connectivity index (χ4n) is 2.63. The van der Waals surface area contributed by atoms with Crippen LogP contribution in [0.5, 0.6) is 0 Å². The molecule has 5 nitrogen and oxygen atoms in total. The molecule has 22 heavy (non-hydrogen) atoms. The van der Waals surface area contributed by atoms with Gasteiger partial charge in [0.15, 0.2) is 0 Å². The van der Waals surface area contributed by atoms with Crippen LogP contribution in [0.15, 0.2) is 12.2 Å². The van der Waals surface area contributed by atoms with E-state index in [4.69, 9.17) is 9.47 Å². The van der Waals surface area contributed by atoms with Gasteiger partial charge in [-0.15, -0.1) is 0 Å². The maximum Gasteiger partial charge on any atom is 0.410 e. The van der Waals surface area contributed by atoms with Gasteiger partial charge in [-0.25, -0.2) is 4.79 Å². The minimum absolute atomic E-state index is 0.240. The number of carbonyl (C=O) groups is 2. The van der Waals surface area contributed by atoms with Gasteiger partial charge in [0.25, 0.3) is 0 Å². The summed E-state index contributed by atoms with van der Waals surface area (Å²) >= 11 is 0. The fraction of sp³-hybridized carbons (Fsp3) is 0.765. The Morgan fingerprint density at radius 2 is 1.91 bits per heavy atom. The maximum atomic E-state index is 12.4. The zero-order valence-corrected chi connectivity index (χ0v) is 14.5. The van der Waals surface area contributed by atoms with Crippen LogP contribution in [0.25, 0.3) is 0 Å². The number of hydrogen-bond donors (Lipinski definition) is 0. The van der Waals surface area contributed by atoms with Crippen LogP contribution in [-0.4, -0.2) is 42.3 Å². The molecule has 1 heterocycles. The van der Waals surface area contributed by atoms with Crippen molar-refractivity contribution >= 4 is 12.1 Å². The van der Waals surface area contributed by atoms with Crippen molar-refractivity contribution in [2.45, 2.75) is 59.5 Å². The van der Waals surface area contributed by atoms with Gasteiger partial charge in [0.1, 0.15) is 5.60 Å². The summed E-state index contributed by atoms with van der Waals surface area (Å²) in [7, 11) is 0. The average molecular weight is 311 g/mol. The standard InChI is InChI=1S/C17H29NO4/c1-7-13(3)11-17(14(19)21-8-2)9-10-18(12-17)15(20)22-16(4,5)6/h3,7-12H2,1-2,4-6H3. The minimum atomic E-state index is -0.681. The van der Waals surface area contributed by atoms with E-state index >= 15 is 0 Å². The van der Waals surface area contributed by atoms with Crippen molar-refractivity contribution in [3.8, 4) is 0 Å². The van der Waals surface area contributed by atoms with E-state index in [-0.39, 0.29) is 12.1 Å². The Hall–Kier alpha value is -1.52. The van der Waals surface area contributed by atoms with E-state index < -0.39 is 11.0 Å². The van der Waals surface area contributed by atoms with Crippen LogP contribution >= 0.6 is 0 Å². The zero-order valence-electron chi connectivity index (χ0n) is 14.5. The van der Waals surface area contributed by atoms with Crippen LogP contribution in [0.1, 0.15) is 53.9 Å². The second-order valence-electron chi connectivity index (χ2n) is 6.93.